The molecule has 0 saturated heterocycles. The van der Waals surface area contributed by atoms with Gasteiger partial charge in [0.2, 0.25) is 0 Å². The first kappa shape index (κ1) is 24.3. The molecule has 0 bridgehead atoms. The molecule has 3 aromatic rings. The molecule has 0 fully saturated rings. The Bertz CT molecular complexity index is 844. The van der Waals surface area contributed by atoms with Gasteiger partial charge in [-0.05, 0) is 35.3 Å². The number of rotatable bonds is 9. The van der Waals surface area contributed by atoms with Gasteiger partial charge in [-0.25, -0.2) is 4.98 Å². The lowest BCUT2D eigenvalue weighted by Crippen LogP contribution is -1.93. The third kappa shape index (κ3) is 8.05. The van der Waals surface area contributed by atoms with E-state index in [9.17, 15) is 0 Å². The van der Waals surface area contributed by atoms with Crippen LogP contribution in [0.5, 0.6) is 0 Å². The number of hydrogen-bond donors (Lipinski definition) is 0. The first-order valence-electron chi connectivity index (χ1n) is 10.5. The summed E-state index contributed by atoms with van der Waals surface area (Å²) in [6, 6.07) is 15.1. The van der Waals surface area contributed by atoms with E-state index in [1.165, 1.54) is 44.5 Å². The maximum Gasteiger partial charge on any atom is 0.103 e. The molecule has 0 spiro atoms. The van der Waals surface area contributed by atoms with E-state index in [1.807, 2.05) is 67.3 Å². The van der Waals surface area contributed by atoms with Gasteiger partial charge in [0, 0.05) is 29.0 Å². The van der Waals surface area contributed by atoms with Crippen LogP contribution in [0.2, 0.25) is 10.0 Å². The minimum absolute atomic E-state index is 0.657. The maximum atomic E-state index is 6.16. The summed E-state index contributed by atoms with van der Waals surface area (Å²) in [7, 11) is 5.70. The van der Waals surface area contributed by atoms with Crippen molar-refractivity contribution in [2.75, 3.05) is 0 Å². The van der Waals surface area contributed by atoms with E-state index < -0.39 is 0 Å². The van der Waals surface area contributed by atoms with Crippen LogP contribution in [0.15, 0.2) is 73.2 Å². The van der Waals surface area contributed by atoms with Gasteiger partial charge in [0.25, 0.3) is 0 Å². The molecular formula is C25H29BCl2N2. The van der Waals surface area contributed by atoms with Crippen molar-refractivity contribution in [3.63, 3.8) is 0 Å². The predicted octanol–water partition coefficient (Wildman–Crippen LogP) is 7.79. The number of unbranched alkanes of at least 4 members (excludes halogenated alkanes) is 5. The standard InChI is InChI=1S/C14H9BCl2.C11H20N2/c15-9-12(10-5-1-3-7-13(10)16)11-6-2-4-8-14(11)17;1-2-3-4-5-6-7-9-13-10-8-12-11-13/h1-9H;8,10-11H,2-7,9H2,1H3. The molecule has 0 unspecified atom stereocenters. The number of imidazole rings is 1. The summed E-state index contributed by atoms with van der Waals surface area (Å²) in [6.07, 6.45) is 13.9. The van der Waals surface area contributed by atoms with Crippen molar-refractivity contribution in [1.29, 1.82) is 0 Å². The van der Waals surface area contributed by atoms with Crippen LogP contribution in [0, 0.1) is 0 Å². The third-order valence-electron chi connectivity index (χ3n) is 4.82. The molecule has 2 aromatic carbocycles. The zero-order valence-electron chi connectivity index (χ0n) is 17.6. The smallest absolute Gasteiger partial charge is 0.103 e. The number of halogens is 2. The lowest BCUT2D eigenvalue weighted by atomic mass is 9.92. The molecule has 0 aliphatic rings. The monoisotopic (exact) mass is 438 g/mol. The van der Waals surface area contributed by atoms with Crippen molar-refractivity contribution in [3.8, 4) is 0 Å². The van der Waals surface area contributed by atoms with E-state index in [0.29, 0.717) is 10.0 Å². The number of aromatic nitrogens is 2. The fourth-order valence-corrected chi connectivity index (χ4v) is 3.65. The molecule has 0 aliphatic carbocycles. The largest absolute Gasteiger partial charge is 0.337 e. The van der Waals surface area contributed by atoms with Crippen LogP contribution in [0.25, 0.3) is 5.57 Å². The summed E-state index contributed by atoms with van der Waals surface area (Å²) in [5, 5.41) is 1.31. The van der Waals surface area contributed by atoms with E-state index in [-0.39, 0.29) is 0 Å². The van der Waals surface area contributed by atoms with E-state index in [1.54, 1.807) is 0 Å². The first-order valence-corrected chi connectivity index (χ1v) is 11.3. The summed E-state index contributed by atoms with van der Waals surface area (Å²) in [5.74, 6) is 1.53. The quantitative estimate of drug-likeness (QED) is 0.246. The summed E-state index contributed by atoms with van der Waals surface area (Å²) >= 11 is 12.3. The van der Waals surface area contributed by atoms with Gasteiger partial charge in [-0.2, -0.15) is 0 Å². The minimum Gasteiger partial charge on any atom is -0.337 e. The Labute approximate surface area is 192 Å². The molecule has 3 rings (SSSR count). The van der Waals surface area contributed by atoms with Gasteiger partial charge >= 0.3 is 0 Å². The molecule has 0 atom stereocenters. The van der Waals surface area contributed by atoms with Gasteiger partial charge < -0.3 is 4.57 Å². The van der Waals surface area contributed by atoms with E-state index >= 15 is 0 Å². The van der Waals surface area contributed by atoms with Crippen LogP contribution < -0.4 is 0 Å². The second-order valence-corrected chi connectivity index (χ2v) is 7.92. The molecular weight excluding hydrogens is 410 g/mol. The molecule has 5 heteroatoms. The van der Waals surface area contributed by atoms with E-state index in [2.05, 4.69) is 16.5 Å². The van der Waals surface area contributed by atoms with Crippen LogP contribution in [-0.2, 0) is 6.54 Å². The lowest BCUT2D eigenvalue weighted by molar-refractivity contribution is 0.558. The topological polar surface area (TPSA) is 17.8 Å². The average Bonchev–Trinajstić information content (AvgIpc) is 3.28. The highest BCUT2D eigenvalue weighted by Crippen LogP contribution is 2.32. The highest BCUT2D eigenvalue weighted by atomic mass is 35.5. The molecule has 2 nitrogen and oxygen atoms in total. The number of aryl methyl sites for hydroxylation is 1. The molecule has 0 aliphatic heterocycles. The molecule has 0 amide bonds. The predicted molar refractivity (Wildman–Crippen MR) is 131 cm³/mol. The average molecular weight is 439 g/mol. The van der Waals surface area contributed by atoms with Crippen molar-refractivity contribution in [3.05, 3.63) is 94.4 Å². The van der Waals surface area contributed by atoms with Crippen molar-refractivity contribution in [2.45, 2.75) is 52.0 Å². The Morgan fingerprint density at radius 1 is 0.900 bits per heavy atom. The van der Waals surface area contributed by atoms with Gasteiger partial charge in [-0.15, -0.1) is 5.98 Å². The molecule has 1 heterocycles. The summed E-state index contributed by atoms with van der Waals surface area (Å²) in [6.45, 7) is 3.39. The van der Waals surface area contributed by atoms with E-state index in [0.717, 1.165) is 23.2 Å². The first-order chi connectivity index (χ1) is 14.7. The summed E-state index contributed by atoms with van der Waals surface area (Å²) < 4.78 is 2.15. The Kier molecular flexibility index (Phi) is 11.4. The van der Waals surface area contributed by atoms with Crippen LogP contribution in [0.1, 0.15) is 56.6 Å². The van der Waals surface area contributed by atoms with Crippen molar-refractivity contribution >= 4 is 36.6 Å². The van der Waals surface area contributed by atoms with Crippen molar-refractivity contribution in [2.24, 2.45) is 0 Å². The second-order valence-electron chi connectivity index (χ2n) is 7.11. The van der Waals surface area contributed by atoms with Gasteiger partial charge in [-0.1, -0.05) is 98.6 Å². The van der Waals surface area contributed by atoms with Crippen LogP contribution in [0.3, 0.4) is 0 Å². The van der Waals surface area contributed by atoms with E-state index in [4.69, 9.17) is 31.0 Å². The summed E-state index contributed by atoms with van der Waals surface area (Å²) in [5.41, 5.74) is 2.59. The SMILES string of the molecule is CCCCCCCCn1ccnc1.[B]C=C(c1ccccc1Cl)c1ccccc1Cl. The van der Waals surface area contributed by atoms with Crippen LogP contribution in [0.4, 0.5) is 0 Å². The summed E-state index contributed by atoms with van der Waals surface area (Å²) in [4.78, 5) is 4.01. The normalized spacial score (nSPS) is 10.2. The fourth-order valence-electron chi connectivity index (χ4n) is 3.18. The Balaban J connectivity index is 0.000000222. The van der Waals surface area contributed by atoms with Crippen LogP contribution >= 0.6 is 23.2 Å². The Morgan fingerprint density at radius 3 is 1.97 bits per heavy atom. The highest BCUT2D eigenvalue weighted by molar-refractivity contribution is 6.35. The number of nitrogens with zero attached hydrogens (tertiary/aromatic N) is 2. The molecule has 0 N–H and O–H groups in total. The molecule has 1 aromatic heterocycles. The van der Waals surface area contributed by atoms with Crippen molar-refractivity contribution < 1.29 is 0 Å². The lowest BCUT2D eigenvalue weighted by Gasteiger charge is -2.11. The Morgan fingerprint density at radius 2 is 1.47 bits per heavy atom. The minimum atomic E-state index is 0.657. The second kappa shape index (κ2) is 14.1. The third-order valence-corrected chi connectivity index (χ3v) is 5.48. The Hall–Kier alpha value is -1.97. The highest BCUT2D eigenvalue weighted by Gasteiger charge is 2.09. The zero-order valence-corrected chi connectivity index (χ0v) is 19.1. The maximum absolute atomic E-state index is 6.16. The molecule has 30 heavy (non-hydrogen) atoms. The number of benzene rings is 2. The van der Waals surface area contributed by atoms with Gasteiger partial charge in [0.05, 0.1) is 6.33 Å². The van der Waals surface area contributed by atoms with Crippen LogP contribution in [-0.4, -0.2) is 17.4 Å². The molecule has 156 valence electrons. The van der Waals surface area contributed by atoms with Gasteiger partial charge in [-0.3, -0.25) is 0 Å². The molecule has 2 radical (unpaired) electrons. The molecule has 0 saturated carbocycles. The van der Waals surface area contributed by atoms with Gasteiger partial charge in [0.1, 0.15) is 7.85 Å². The number of hydrogen-bond acceptors (Lipinski definition) is 1. The zero-order chi connectivity index (χ0) is 21.6. The fraction of sp³-hybridized carbons (Fsp3) is 0.320. The van der Waals surface area contributed by atoms with Crippen molar-refractivity contribution in [1.82, 2.24) is 9.55 Å². The van der Waals surface area contributed by atoms with Gasteiger partial charge in [0.15, 0.2) is 0 Å².